The van der Waals surface area contributed by atoms with E-state index < -0.39 is 18.0 Å². The average molecular weight is 246 g/mol. The second-order valence-electron chi connectivity index (χ2n) is 3.06. The Labute approximate surface area is 95.7 Å². The van der Waals surface area contributed by atoms with Crippen LogP contribution in [0.15, 0.2) is 23.3 Å². The molecule has 0 saturated carbocycles. The Kier molecular flexibility index (Phi) is 4.52. The van der Waals surface area contributed by atoms with Crippen LogP contribution in [-0.2, 0) is 0 Å². The summed E-state index contributed by atoms with van der Waals surface area (Å²) in [5, 5.41) is 22.1. The third kappa shape index (κ3) is 2.84. The van der Waals surface area contributed by atoms with Crippen molar-refractivity contribution in [3.8, 4) is 0 Å². The van der Waals surface area contributed by atoms with Crippen molar-refractivity contribution in [2.75, 3.05) is 6.54 Å². The van der Waals surface area contributed by atoms with Crippen LogP contribution in [0.2, 0.25) is 5.02 Å². The Morgan fingerprint density at radius 3 is 2.75 bits per heavy atom. The normalized spacial score (nSPS) is 14.0. The number of hydrogen-bond acceptors (Lipinski definition) is 3. The summed E-state index contributed by atoms with van der Waals surface area (Å²) in [5.41, 5.74) is 7.84. The highest BCUT2D eigenvalue weighted by molar-refractivity contribution is 6.31. The van der Waals surface area contributed by atoms with Crippen LogP contribution in [0.25, 0.3) is 10.4 Å². The van der Waals surface area contributed by atoms with Gasteiger partial charge < -0.3 is 10.2 Å². The Hall–Kier alpha value is -1.33. The third-order valence-electron chi connectivity index (χ3n) is 1.99. The van der Waals surface area contributed by atoms with Gasteiger partial charge in [0, 0.05) is 15.5 Å². The first-order valence-corrected chi connectivity index (χ1v) is 4.76. The van der Waals surface area contributed by atoms with E-state index in [1.54, 1.807) is 0 Å². The minimum absolute atomic E-state index is 0.00693. The summed E-state index contributed by atoms with van der Waals surface area (Å²) in [6, 6.07) is 3.89. The maximum atomic E-state index is 13.3. The number of hydrogen-bond donors (Lipinski definition) is 2. The molecular formula is C9H9ClFN3O2. The minimum atomic E-state index is -1.53. The molecule has 7 heteroatoms. The van der Waals surface area contributed by atoms with Crippen molar-refractivity contribution in [2.24, 2.45) is 5.11 Å². The quantitative estimate of drug-likeness (QED) is 0.484. The summed E-state index contributed by atoms with van der Waals surface area (Å²) in [5.74, 6) is -0.722. The lowest BCUT2D eigenvalue weighted by atomic mass is 10.0. The standard InChI is InChI=1S/C9H9ClFN3O2/c10-5-2-1-3-6(11)8(5)9(16)7(15)4-13-14-12/h1-3,7,9,15-16H,4H2. The molecule has 2 unspecified atom stereocenters. The van der Waals surface area contributed by atoms with E-state index in [0.717, 1.165) is 6.07 Å². The van der Waals surface area contributed by atoms with Gasteiger partial charge >= 0.3 is 0 Å². The number of nitrogens with zero attached hydrogens (tertiary/aromatic N) is 3. The predicted octanol–water partition coefficient (Wildman–Crippen LogP) is 2.18. The molecular weight excluding hydrogens is 237 g/mol. The molecule has 86 valence electrons. The Balaban J connectivity index is 2.95. The van der Waals surface area contributed by atoms with Gasteiger partial charge in [0.2, 0.25) is 0 Å². The van der Waals surface area contributed by atoms with Gasteiger partial charge in [-0.2, -0.15) is 0 Å². The molecule has 2 atom stereocenters. The van der Waals surface area contributed by atoms with Gasteiger partial charge in [0.1, 0.15) is 11.9 Å². The largest absolute Gasteiger partial charge is 0.390 e. The zero-order valence-corrected chi connectivity index (χ0v) is 8.84. The van der Waals surface area contributed by atoms with E-state index >= 15 is 0 Å². The van der Waals surface area contributed by atoms with E-state index in [1.807, 2.05) is 0 Å². The maximum Gasteiger partial charge on any atom is 0.130 e. The fourth-order valence-corrected chi connectivity index (χ4v) is 1.48. The summed E-state index contributed by atoms with van der Waals surface area (Å²) < 4.78 is 13.3. The summed E-state index contributed by atoms with van der Waals surface area (Å²) in [6.45, 7) is -0.359. The van der Waals surface area contributed by atoms with Crippen molar-refractivity contribution in [1.82, 2.24) is 0 Å². The van der Waals surface area contributed by atoms with Gasteiger partial charge in [-0.05, 0) is 17.7 Å². The van der Waals surface area contributed by atoms with Gasteiger partial charge in [0.25, 0.3) is 0 Å². The highest BCUT2D eigenvalue weighted by Gasteiger charge is 2.23. The first-order valence-electron chi connectivity index (χ1n) is 4.38. The van der Waals surface area contributed by atoms with Crippen LogP contribution in [0, 0.1) is 5.82 Å². The lowest BCUT2D eigenvalue weighted by molar-refractivity contribution is 0.0223. The fraction of sp³-hybridized carbons (Fsp3) is 0.333. The molecule has 2 N–H and O–H groups in total. The zero-order chi connectivity index (χ0) is 12.1. The zero-order valence-electron chi connectivity index (χ0n) is 8.09. The smallest absolute Gasteiger partial charge is 0.130 e. The second kappa shape index (κ2) is 5.67. The van der Waals surface area contributed by atoms with E-state index in [4.69, 9.17) is 17.1 Å². The van der Waals surface area contributed by atoms with E-state index in [2.05, 4.69) is 10.0 Å². The highest BCUT2D eigenvalue weighted by Crippen LogP contribution is 2.27. The van der Waals surface area contributed by atoms with Gasteiger partial charge in [-0.3, -0.25) is 0 Å². The van der Waals surface area contributed by atoms with Crippen molar-refractivity contribution in [3.63, 3.8) is 0 Å². The van der Waals surface area contributed by atoms with Gasteiger partial charge in [0.05, 0.1) is 12.6 Å². The van der Waals surface area contributed by atoms with E-state index in [9.17, 15) is 14.6 Å². The van der Waals surface area contributed by atoms with Crippen LogP contribution in [0.4, 0.5) is 4.39 Å². The summed E-state index contributed by atoms with van der Waals surface area (Å²) in [4.78, 5) is 2.42. The molecule has 0 heterocycles. The Morgan fingerprint density at radius 2 is 2.19 bits per heavy atom. The van der Waals surface area contributed by atoms with Gasteiger partial charge in [-0.15, -0.1) is 0 Å². The van der Waals surface area contributed by atoms with Crippen molar-refractivity contribution in [1.29, 1.82) is 0 Å². The molecule has 0 aliphatic rings. The Morgan fingerprint density at radius 1 is 1.50 bits per heavy atom. The first-order chi connectivity index (χ1) is 7.57. The Bertz CT molecular complexity index is 403. The van der Waals surface area contributed by atoms with E-state index in [0.29, 0.717) is 0 Å². The molecule has 0 aliphatic carbocycles. The number of benzene rings is 1. The van der Waals surface area contributed by atoms with Crippen molar-refractivity contribution < 1.29 is 14.6 Å². The van der Waals surface area contributed by atoms with Gasteiger partial charge in [-0.25, -0.2) is 4.39 Å². The van der Waals surface area contributed by atoms with Crippen molar-refractivity contribution in [3.05, 3.63) is 45.0 Å². The minimum Gasteiger partial charge on any atom is -0.390 e. The molecule has 0 amide bonds. The first kappa shape index (κ1) is 12.7. The average Bonchev–Trinajstić information content (AvgIpc) is 2.25. The number of halogens is 2. The molecule has 0 aliphatic heterocycles. The summed E-state index contributed by atoms with van der Waals surface area (Å²) >= 11 is 5.69. The van der Waals surface area contributed by atoms with Gasteiger partial charge in [-0.1, -0.05) is 22.8 Å². The van der Waals surface area contributed by atoms with Crippen LogP contribution in [0.5, 0.6) is 0 Å². The molecule has 0 fully saturated rings. The number of rotatable bonds is 4. The van der Waals surface area contributed by atoms with Crippen LogP contribution in [0.3, 0.4) is 0 Å². The highest BCUT2D eigenvalue weighted by atomic mass is 35.5. The number of aliphatic hydroxyl groups excluding tert-OH is 2. The molecule has 1 aromatic carbocycles. The predicted molar refractivity (Wildman–Crippen MR) is 56.4 cm³/mol. The molecule has 0 saturated heterocycles. The molecule has 1 aromatic rings. The number of azide groups is 1. The van der Waals surface area contributed by atoms with E-state index in [-0.39, 0.29) is 17.1 Å². The van der Waals surface area contributed by atoms with Crippen LogP contribution in [0.1, 0.15) is 11.7 Å². The van der Waals surface area contributed by atoms with Crippen molar-refractivity contribution >= 4 is 11.6 Å². The summed E-state index contributed by atoms with van der Waals surface area (Å²) in [6.07, 6.45) is -2.93. The molecule has 0 bridgehead atoms. The molecule has 5 nitrogen and oxygen atoms in total. The molecule has 1 rings (SSSR count). The second-order valence-corrected chi connectivity index (χ2v) is 3.47. The lowest BCUT2D eigenvalue weighted by Crippen LogP contribution is -2.22. The van der Waals surface area contributed by atoms with Crippen LogP contribution >= 0.6 is 11.6 Å². The monoisotopic (exact) mass is 245 g/mol. The summed E-state index contributed by atoms with van der Waals surface area (Å²) in [7, 11) is 0. The SMILES string of the molecule is [N-]=[N+]=NCC(O)C(O)c1c(F)cccc1Cl. The van der Waals surface area contributed by atoms with Crippen LogP contribution < -0.4 is 0 Å². The lowest BCUT2D eigenvalue weighted by Gasteiger charge is -2.17. The molecule has 0 aromatic heterocycles. The molecule has 0 spiro atoms. The van der Waals surface area contributed by atoms with Crippen LogP contribution in [-0.4, -0.2) is 22.9 Å². The topological polar surface area (TPSA) is 89.2 Å². The third-order valence-corrected chi connectivity index (χ3v) is 2.32. The molecule has 0 radical (unpaired) electrons. The number of aliphatic hydroxyl groups is 2. The fourth-order valence-electron chi connectivity index (χ4n) is 1.21. The van der Waals surface area contributed by atoms with E-state index in [1.165, 1.54) is 12.1 Å². The maximum absolute atomic E-state index is 13.3. The molecule has 16 heavy (non-hydrogen) atoms. The van der Waals surface area contributed by atoms with Crippen molar-refractivity contribution in [2.45, 2.75) is 12.2 Å². The van der Waals surface area contributed by atoms with Gasteiger partial charge in [0.15, 0.2) is 0 Å².